The first-order valence-corrected chi connectivity index (χ1v) is 16.1. The molecule has 10 nitrogen and oxygen atoms in total. The van der Waals surface area contributed by atoms with E-state index < -0.39 is 36.2 Å². The van der Waals surface area contributed by atoms with Gasteiger partial charge in [-0.25, -0.2) is 14.0 Å². The fourth-order valence-electron chi connectivity index (χ4n) is 6.17. The number of carboxylic acid groups (broad SMARTS) is 1. The van der Waals surface area contributed by atoms with E-state index in [1.165, 1.54) is 78.4 Å². The van der Waals surface area contributed by atoms with E-state index in [-0.39, 0.29) is 65.9 Å². The van der Waals surface area contributed by atoms with Gasteiger partial charge in [0.1, 0.15) is 11.9 Å². The molecule has 1 aliphatic rings. The highest BCUT2D eigenvalue weighted by Gasteiger charge is 2.57. The number of nitrogens with zero attached hydrogens (tertiary/aromatic N) is 3. The molecule has 1 aromatic heterocycles. The molecule has 1 atom stereocenters. The van der Waals surface area contributed by atoms with Crippen molar-refractivity contribution in [2.45, 2.75) is 44.2 Å². The number of carboxylic acids is 1. The first kappa shape index (κ1) is 37.0. The normalized spacial score (nSPS) is 15.6. The van der Waals surface area contributed by atoms with Crippen LogP contribution in [0.4, 0.5) is 23.2 Å². The number of rotatable bonds is 13. The van der Waals surface area contributed by atoms with Crippen LogP contribution in [-0.4, -0.2) is 78.4 Å². The van der Waals surface area contributed by atoms with Crippen LogP contribution in [0.5, 0.6) is 17.2 Å². The van der Waals surface area contributed by atoms with Crippen molar-refractivity contribution in [3.8, 4) is 17.2 Å². The van der Waals surface area contributed by atoms with Gasteiger partial charge in [0.15, 0.2) is 17.2 Å². The molecule has 1 fully saturated rings. The molecular formula is C37H37F4N3O7. The lowest BCUT2D eigenvalue weighted by atomic mass is 9.91. The Morgan fingerprint density at radius 1 is 1.04 bits per heavy atom. The second-order valence-electron chi connectivity index (χ2n) is 12.1. The summed E-state index contributed by atoms with van der Waals surface area (Å²) in [5, 5.41) is 21.2. The van der Waals surface area contributed by atoms with Crippen molar-refractivity contribution in [3.05, 3.63) is 100 Å². The Morgan fingerprint density at radius 3 is 2.24 bits per heavy atom. The molecule has 0 amide bonds. The minimum absolute atomic E-state index is 0.0896. The highest BCUT2D eigenvalue weighted by Crippen LogP contribution is 2.45. The number of methoxy groups -OCH3 is 2. The van der Waals surface area contributed by atoms with Crippen LogP contribution in [0.1, 0.15) is 36.5 Å². The molecule has 0 saturated carbocycles. The second-order valence-corrected chi connectivity index (χ2v) is 12.1. The maximum absolute atomic E-state index is 15.0. The number of aromatic nitrogens is 1. The van der Waals surface area contributed by atoms with Gasteiger partial charge < -0.3 is 33.7 Å². The molecular weight excluding hydrogens is 674 g/mol. The molecule has 1 unspecified atom stereocenters. The van der Waals surface area contributed by atoms with Crippen LogP contribution in [0, 0.1) is 12.4 Å². The number of alkyl halides is 3. The summed E-state index contributed by atoms with van der Waals surface area (Å²) >= 11 is 0. The summed E-state index contributed by atoms with van der Waals surface area (Å²) in [6.45, 7) is 8.90. The van der Waals surface area contributed by atoms with Gasteiger partial charge in [0.2, 0.25) is 17.1 Å². The molecule has 2 heterocycles. The van der Waals surface area contributed by atoms with E-state index >= 15 is 0 Å². The van der Waals surface area contributed by atoms with E-state index in [1.54, 1.807) is 19.1 Å². The van der Waals surface area contributed by atoms with Crippen LogP contribution in [0.3, 0.4) is 0 Å². The van der Waals surface area contributed by atoms with Crippen LogP contribution in [0.15, 0.2) is 66.6 Å². The Kier molecular flexibility index (Phi) is 11.1. The number of likely N-dealkylation sites (tertiary alicyclic amines) is 1. The average molecular weight is 712 g/mol. The van der Waals surface area contributed by atoms with E-state index in [4.69, 9.17) is 25.5 Å². The SMILES string of the molecule is [C-]#[N+]c1ccc2c(C(O)(CN3CCC(Oc4c(OC)cc(/C=C(\OCC)C(=O)O)cc4OC)CC3)C(F)(F)F)cn(Cc3ccc(F)cc3)c2c1. The predicted molar refractivity (Wildman–Crippen MR) is 181 cm³/mol. The Bertz CT molecular complexity index is 1920. The van der Waals surface area contributed by atoms with Crippen molar-refractivity contribution in [1.82, 2.24) is 9.47 Å². The van der Waals surface area contributed by atoms with Crippen molar-refractivity contribution >= 4 is 28.6 Å². The Labute approximate surface area is 291 Å². The summed E-state index contributed by atoms with van der Waals surface area (Å²) in [5.41, 5.74) is -2.01. The summed E-state index contributed by atoms with van der Waals surface area (Å²) in [6.07, 6.45) is -2.28. The molecule has 2 N–H and O–H groups in total. The van der Waals surface area contributed by atoms with Gasteiger partial charge >= 0.3 is 12.1 Å². The minimum Gasteiger partial charge on any atom is -0.493 e. The third-order valence-electron chi connectivity index (χ3n) is 8.74. The molecule has 0 spiro atoms. The zero-order chi connectivity index (χ0) is 36.9. The molecule has 14 heteroatoms. The number of hydrogen-bond acceptors (Lipinski definition) is 7. The monoisotopic (exact) mass is 711 g/mol. The third kappa shape index (κ3) is 8.05. The standard InChI is InChI=1S/C37H37F4N3O7/c1-5-50-33(35(45)46)18-24-16-31(48-3)34(32(17-24)49-4)51-27-12-14-43(15-13-27)22-36(47,37(39,40)41)29-21-44(20-23-6-8-25(38)9-7-23)30-19-26(42-2)10-11-28(29)30/h6-11,16-19,21,27,47H,5,12-15,20,22H2,1,3-4H3,(H,45,46)/b33-18-. The summed E-state index contributed by atoms with van der Waals surface area (Å²) < 4.78 is 82.4. The summed E-state index contributed by atoms with van der Waals surface area (Å²) in [5.74, 6) is -1.20. The molecule has 0 bridgehead atoms. The Hall–Kier alpha value is -5.26. The van der Waals surface area contributed by atoms with E-state index in [1.807, 2.05) is 0 Å². The highest BCUT2D eigenvalue weighted by atomic mass is 19.4. The van der Waals surface area contributed by atoms with Crippen molar-refractivity contribution in [3.63, 3.8) is 0 Å². The fraction of sp³-hybridized carbons (Fsp3) is 0.351. The van der Waals surface area contributed by atoms with Crippen LogP contribution in [0.2, 0.25) is 0 Å². The molecule has 0 aliphatic carbocycles. The maximum atomic E-state index is 15.0. The van der Waals surface area contributed by atoms with E-state index in [2.05, 4.69) is 4.85 Å². The largest absolute Gasteiger partial charge is 0.493 e. The Balaban J connectivity index is 1.38. The predicted octanol–water partition coefficient (Wildman–Crippen LogP) is 7.15. The quantitative estimate of drug-likeness (QED) is 0.0652. The lowest BCUT2D eigenvalue weighted by Gasteiger charge is -2.39. The van der Waals surface area contributed by atoms with Gasteiger partial charge in [0.25, 0.3) is 0 Å². The first-order chi connectivity index (χ1) is 24.3. The van der Waals surface area contributed by atoms with Gasteiger partial charge in [-0.2, -0.15) is 13.2 Å². The van der Waals surface area contributed by atoms with Crippen molar-refractivity contribution in [1.29, 1.82) is 0 Å². The lowest BCUT2D eigenvalue weighted by Crippen LogP contribution is -2.53. The summed E-state index contributed by atoms with van der Waals surface area (Å²) in [4.78, 5) is 16.5. The molecule has 1 saturated heterocycles. The zero-order valence-corrected chi connectivity index (χ0v) is 28.2. The second kappa shape index (κ2) is 15.3. The van der Waals surface area contributed by atoms with Gasteiger partial charge in [-0.15, -0.1) is 0 Å². The smallest absolute Gasteiger partial charge is 0.422 e. The number of fused-ring (bicyclic) bond motifs is 1. The number of hydrogen-bond donors (Lipinski definition) is 2. The van der Waals surface area contributed by atoms with Crippen LogP contribution >= 0.6 is 0 Å². The van der Waals surface area contributed by atoms with Gasteiger partial charge in [-0.3, -0.25) is 4.90 Å². The van der Waals surface area contributed by atoms with Crippen molar-refractivity contribution in [2.75, 3.05) is 40.5 Å². The maximum Gasteiger partial charge on any atom is 0.422 e. The minimum atomic E-state index is -5.06. The molecule has 5 rings (SSSR count). The van der Waals surface area contributed by atoms with E-state index in [0.29, 0.717) is 29.5 Å². The third-order valence-corrected chi connectivity index (χ3v) is 8.74. The Morgan fingerprint density at radius 2 is 1.69 bits per heavy atom. The molecule has 1 aliphatic heterocycles. The number of benzene rings is 3. The number of piperidine rings is 1. The highest BCUT2D eigenvalue weighted by molar-refractivity contribution is 5.90. The number of carbonyl (C=O) groups is 1. The van der Waals surface area contributed by atoms with Crippen LogP contribution in [-0.2, 0) is 21.7 Å². The van der Waals surface area contributed by atoms with E-state index in [0.717, 1.165) is 0 Å². The summed E-state index contributed by atoms with van der Waals surface area (Å²) in [7, 11) is 2.82. The molecule has 4 aromatic rings. The van der Waals surface area contributed by atoms with E-state index in [9.17, 15) is 32.6 Å². The summed E-state index contributed by atoms with van der Waals surface area (Å²) in [6, 6.07) is 13.0. The van der Waals surface area contributed by atoms with Gasteiger partial charge in [-0.05, 0) is 67.3 Å². The van der Waals surface area contributed by atoms with Crippen LogP contribution in [0.25, 0.3) is 21.8 Å². The number of β-amino-alcohol motifs (C(OH)–C–C–N with tert-alkyl or cyclic N) is 1. The number of aliphatic hydroxyl groups is 1. The first-order valence-electron chi connectivity index (χ1n) is 16.1. The zero-order valence-electron chi connectivity index (χ0n) is 28.2. The topological polar surface area (TPSA) is 107 Å². The molecule has 51 heavy (non-hydrogen) atoms. The molecule has 0 radical (unpaired) electrons. The number of ether oxygens (including phenoxy) is 4. The molecule has 3 aromatic carbocycles. The van der Waals surface area contributed by atoms with Gasteiger partial charge in [-0.1, -0.05) is 24.3 Å². The van der Waals surface area contributed by atoms with Crippen molar-refractivity contribution < 1.29 is 51.5 Å². The number of halogens is 4. The van der Waals surface area contributed by atoms with Gasteiger partial charge in [0.05, 0.1) is 27.4 Å². The number of aliphatic carboxylic acids is 1. The van der Waals surface area contributed by atoms with Crippen LogP contribution < -0.4 is 14.2 Å². The van der Waals surface area contributed by atoms with Gasteiger partial charge in [0, 0.05) is 48.8 Å². The van der Waals surface area contributed by atoms with Crippen molar-refractivity contribution in [2.24, 2.45) is 0 Å². The fourth-order valence-corrected chi connectivity index (χ4v) is 6.17. The average Bonchev–Trinajstić information content (AvgIpc) is 3.47. The molecule has 270 valence electrons. The lowest BCUT2D eigenvalue weighted by molar-refractivity contribution is -0.272.